The van der Waals surface area contributed by atoms with Gasteiger partial charge in [-0.3, -0.25) is 14.6 Å². The lowest BCUT2D eigenvalue weighted by Gasteiger charge is -2.30. The molecule has 1 aliphatic carbocycles. The molecule has 236 valence electrons. The van der Waals surface area contributed by atoms with Gasteiger partial charge < -0.3 is 35.1 Å². The molecule has 5 aromatic carbocycles. The third kappa shape index (κ3) is 3.55. The Balaban J connectivity index is 1.97. The standard InChI is InChI=1S/C34H31N3O8S/c1-11-8-13-18-21-19(29(39)27(13)36-4)15(38)9-16(43-5)20(21)25-23-22(18)24(17(11)12(2)35-3)31(44-6)30(40)26(23)28-33(32(25)45-7)46-10-14(37-28)34(41)42/h8-9,14,17,36-37,39H,10H2,1-7H3,(H,41,42). The van der Waals surface area contributed by atoms with E-state index in [4.69, 9.17) is 14.2 Å². The molecular weight excluding hydrogens is 610 g/mol. The number of benzene rings is 5. The van der Waals surface area contributed by atoms with E-state index in [1.165, 1.54) is 39.2 Å². The Labute approximate surface area is 266 Å². The Morgan fingerprint density at radius 2 is 1.70 bits per heavy atom. The number of anilines is 2. The molecule has 1 heterocycles. The van der Waals surface area contributed by atoms with Crippen LogP contribution in [0.25, 0.3) is 49.2 Å². The topological polar surface area (TPSA) is 156 Å². The first kappa shape index (κ1) is 29.7. The van der Waals surface area contributed by atoms with Gasteiger partial charge >= 0.3 is 5.97 Å². The molecule has 2 atom stereocenters. The zero-order chi connectivity index (χ0) is 32.9. The third-order valence-corrected chi connectivity index (χ3v) is 10.6. The highest BCUT2D eigenvalue weighted by molar-refractivity contribution is 7.99. The number of methoxy groups -OCH3 is 3. The monoisotopic (exact) mass is 641 g/mol. The third-order valence-electron chi connectivity index (χ3n) is 9.40. The van der Waals surface area contributed by atoms with Crippen LogP contribution in [0.2, 0.25) is 0 Å². The number of nitrogens with zero attached hydrogens (tertiary/aromatic N) is 1. The number of phenolic OH excluding ortho intramolecular Hbond substituents is 1. The molecule has 0 spiro atoms. The zero-order valence-corrected chi connectivity index (χ0v) is 27.0. The molecule has 11 nitrogen and oxygen atoms in total. The number of carboxylic acids is 1. The first-order chi connectivity index (χ1) is 22.1. The molecule has 0 fully saturated rings. The predicted octanol–water partition coefficient (Wildman–Crippen LogP) is 5.23. The molecule has 0 saturated heterocycles. The van der Waals surface area contributed by atoms with Crippen molar-refractivity contribution in [2.75, 3.05) is 51.8 Å². The number of thioether (sulfide) groups is 1. The Morgan fingerprint density at radius 3 is 2.30 bits per heavy atom. The van der Waals surface area contributed by atoms with E-state index in [9.17, 15) is 24.6 Å². The van der Waals surface area contributed by atoms with E-state index >= 15 is 0 Å². The van der Waals surface area contributed by atoms with Crippen LogP contribution in [0.15, 0.2) is 31.1 Å². The molecule has 12 heteroatoms. The van der Waals surface area contributed by atoms with Crippen LogP contribution in [-0.4, -0.2) is 69.1 Å². The Hall–Kier alpha value is -4.97. The summed E-state index contributed by atoms with van der Waals surface area (Å²) in [5.41, 5.74) is 2.54. The van der Waals surface area contributed by atoms with Gasteiger partial charge in [-0.1, -0.05) is 11.6 Å². The molecule has 0 aromatic heterocycles. The SMILES string of the molecule is CN=C(C)C1C(C)=Cc2c(NC)c(O)c3c(=O)cc(OC)c4c5c(OC)c6c(c7c(=O)c(OC)c1c(c2c34)c75)NC(C(=O)O)CS6. The molecule has 0 radical (unpaired) electrons. The van der Waals surface area contributed by atoms with Crippen LogP contribution in [-0.2, 0) is 4.79 Å². The second-order valence-corrected chi connectivity index (χ2v) is 12.5. The second-order valence-electron chi connectivity index (χ2n) is 11.5. The molecule has 7 rings (SSSR count). The number of fused-ring (bicyclic) bond motifs is 3. The summed E-state index contributed by atoms with van der Waals surface area (Å²) in [4.78, 5) is 45.9. The van der Waals surface area contributed by atoms with Crippen molar-refractivity contribution in [2.24, 2.45) is 4.99 Å². The fourth-order valence-corrected chi connectivity index (χ4v) is 8.71. The van der Waals surface area contributed by atoms with Gasteiger partial charge in [0, 0.05) is 75.6 Å². The number of rotatable bonds is 6. The van der Waals surface area contributed by atoms with Crippen LogP contribution < -0.4 is 35.7 Å². The van der Waals surface area contributed by atoms with Gasteiger partial charge in [0.2, 0.25) is 5.43 Å². The number of ether oxygens (including phenoxy) is 3. The number of hydrogen-bond donors (Lipinski definition) is 4. The summed E-state index contributed by atoms with van der Waals surface area (Å²) in [5.74, 6) is -0.873. The highest BCUT2D eigenvalue weighted by atomic mass is 32.2. The smallest absolute Gasteiger partial charge is 0.326 e. The molecule has 0 saturated carbocycles. The highest BCUT2D eigenvalue weighted by Crippen LogP contribution is 2.59. The number of allylic oxidation sites excluding steroid dienone is 1. The number of aliphatic imine (C=N–C) groups is 1. The van der Waals surface area contributed by atoms with E-state index in [1.807, 2.05) is 19.9 Å². The quantitative estimate of drug-likeness (QED) is 0.0833. The lowest BCUT2D eigenvalue weighted by atomic mass is 9.80. The van der Waals surface area contributed by atoms with Gasteiger partial charge in [0.05, 0.1) is 48.4 Å². The summed E-state index contributed by atoms with van der Waals surface area (Å²) < 4.78 is 17.9. The fraction of sp³-hybridized carbons (Fsp3) is 0.294. The van der Waals surface area contributed by atoms with Gasteiger partial charge in [-0.2, -0.15) is 0 Å². The van der Waals surface area contributed by atoms with Gasteiger partial charge in [0.25, 0.3) is 0 Å². The molecule has 0 amide bonds. The van der Waals surface area contributed by atoms with Crippen molar-refractivity contribution in [3.63, 3.8) is 0 Å². The number of hydrogen-bond acceptors (Lipinski definition) is 11. The molecular formula is C34H31N3O8S. The van der Waals surface area contributed by atoms with Gasteiger partial charge in [-0.05, 0) is 19.2 Å². The zero-order valence-electron chi connectivity index (χ0n) is 26.2. The summed E-state index contributed by atoms with van der Waals surface area (Å²) in [6.45, 7) is 3.81. The summed E-state index contributed by atoms with van der Waals surface area (Å²) in [5, 5.41) is 31.5. The number of phenols is 1. The average Bonchev–Trinajstić information content (AvgIpc) is 3.17. The van der Waals surface area contributed by atoms with Gasteiger partial charge in [-0.15, -0.1) is 11.8 Å². The van der Waals surface area contributed by atoms with Crippen molar-refractivity contribution in [1.82, 2.24) is 0 Å². The molecule has 46 heavy (non-hydrogen) atoms. The molecule has 1 aliphatic heterocycles. The summed E-state index contributed by atoms with van der Waals surface area (Å²) >= 11 is 1.27. The van der Waals surface area contributed by atoms with Gasteiger partial charge in [-0.25, -0.2) is 4.79 Å². The maximum absolute atomic E-state index is 14.8. The van der Waals surface area contributed by atoms with E-state index in [-0.39, 0.29) is 33.8 Å². The van der Waals surface area contributed by atoms with Crippen LogP contribution in [0.5, 0.6) is 23.0 Å². The lowest BCUT2D eigenvalue weighted by Crippen LogP contribution is -2.35. The Morgan fingerprint density at radius 1 is 1.00 bits per heavy atom. The van der Waals surface area contributed by atoms with Crippen LogP contribution in [0.3, 0.4) is 0 Å². The minimum Gasteiger partial charge on any atom is -0.505 e. The Bertz CT molecular complexity index is 2370. The number of aliphatic carboxylic acids is 1. The normalized spacial score (nSPS) is 17.7. The van der Waals surface area contributed by atoms with Crippen molar-refractivity contribution in [2.45, 2.75) is 30.7 Å². The van der Waals surface area contributed by atoms with Gasteiger partial charge in [0.15, 0.2) is 16.9 Å². The van der Waals surface area contributed by atoms with Crippen LogP contribution in [0, 0.1) is 0 Å². The molecule has 2 unspecified atom stereocenters. The van der Waals surface area contributed by atoms with Crippen molar-refractivity contribution >= 4 is 84.0 Å². The summed E-state index contributed by atoms with van der Waals surface area (Å²) in [6, 6.07) is 0.369. The number of aromatic hydroxyl groups is 1. The number of nitrogens with one attached hydrogen (secondary N) is 2. The maximum Gasteiger partial charge on any atom is 0.326 e. The largest absolute Gasteiger partial charge is 0.505 e. The van der Waals surface area contributed by atoms with Crippen LogP contribution >= 0.6 is 11.8 Å². The summed E-state index contributed by atoms with van der Waals surface area (Å²) in [7, 11) is 7.76. The first-order valence-corrected chi connectivity index (χ1v) is 15.6. The first-order valence-electron chi connectivity index (χ1n) is 14.6. The van der Waals surface area contributed by atoms with Crippen molar-refractivity contribution < 1.29 is 29.2 Å². The Kier molecular flexibility index (Phi) is 6.64. The molecule has 0 bridgehead atoms. The van der Waals surface area contributed by atoms with Crippen molar-refractivity contribution in [3.8, 4) is 23.0 Å². The minimum atomic E-state index is -1.05. The van der Waals surface area contributed by atoms with E-state index in [1.54, 1.807) is 14.1 Å². The number of carbonyl (C=O) groups is 1. The van der Waals surface area contributed by atoms with Gasteiger partial charge in [0.1, 0.15) is 17.5 Å². The highest BCUT2D eigenvalue weighted by Gasteiger charge is 2.39. The molecule has 2 aliphatic rings. The van der Waals surface area contributed by atoms with Crippen molar-refractivity contribution in [3.05, 3.63) is 43.2 Å². The molecule has 4 N–H and O–H groups in total. The predicted molar refractivity (Wildman–Crippen MR) is 183 cm³/mol. The van der Waals surface area contributed by atoms with E-state index in [0.717, 1.165) is 5.57 Å². The maximum atomic E-state index is 14.8. The minimum absolute atomic E-state index is 0.0830. The average molecular weight is 642 g/mol. The van der Waals surface area contributed by atoms with Crippen LogP contribution in [0.1, 0.15) is 30.9 Å². The van der Waals surface area contributed by atoms with E-state index in [0.29, 0.717) is 71.2 Å². The second kappa shape index (κ2) is 10.3. The molecule has 5 aromatic rings. The lowest BCUT2D eigenvalue weighted by molar-refractivity contribution is -0.137. The number of carboxylic acid groups (broad SMARTS) is 1. The fourth-order valence-electron chi connectivity index (χ4n) is 7.53. The summed E-state index contributed by atoms with van der Waals surface area (Å²) in [6.07, 6.45) is 1.94. The van der Waals surface area contributed by atoms with E-state index < -0.39 is 28.8 Å². The van der Waals surface area contributed by atoms with E-state index in [2.05, 4.69) is 15.6 Å². The van der Waals surface area contributed by atoms with Crippen LogP contribution in [0.4, 0.5) is 11.4 Å². The van der Waals surface area contributed by atoms with Crippen molar-refractivity contribution in [1.29, 1.82) is 0 Å².